The first-order valence-corrected chi connectivity index (χ1v) is 8.97. The lowest BCUT2D eigenvalue weighted by atomic mass is 9.93. The third kappa shape index (κ3) is 6.16. The van der Waals surface area contributed by atoms with Crippen molar-refractivity contribution >= 4 is 9.84 Å². The van der Waals surface area contributed by atoms with Crippen LogP contribution >= 0.6 is 0 Å². The van der Waals surface area contributed by atoms with Crippen molar-refractivity contribution in [2.24, 2.45) is 5.92 Å². The number of rotatable bonds is 8. The molecule has 0 aromatic carbocycles. The number of piperidine rings is 1. The van der Waals surface area contributed by atoms with Crippen molar-refractivity contribution in [2.45, 2.75) is 32.6 Å². The lowest BCUT2D eigenvalue weighted by molar-refractivity contribution is 0.179. The van der Waals surface area contributed by atoms with Crippen molar-refractivity contribution in [3.05, 3.63) is 0 Å². The van der Waals surface area contributed by atoms with E-state index in [1.54, 1.807) is 6.92 Å². The van der Waals surface area contributed by atoms with E-state index < -0.39 is 9.84 Å². The van der Waals surface area contributed by atoms with E-state index in [0.717, 1.165) is 38.5 Å². The second kappa shape index (κ2) is 8.12. The van der Waals surface area contributed by atoms with Gasteiger partial charge in [-0.1, -0.05) is 6.92 Å². The van der Waals surface area contributed by atoms with Gasteiger partial charge in [0.15, 0.2) is 0 Å². The lowest BCUT2D eigenvalue weighted by Crippen LogP contribution is -2.35. The highest BCUT2D eigenvalue weighted by Crippen LogP contribution is 2.20. The van der Waals surface area contributed by atoms with Gasteiger partial charge in [-0.3, -0.25) is 0 Å². The molecule has 5 heteroatoms. The standard InChI is InChI=1S/C13H28N2O2S/c1-3-18(16,17)12-4-9-15-10-6-13(7-11-15)5-8-14-2/h13-14H,3-12H2,1-2H3. The smallest absolute Gasteiger partial charge is 0.150 e. The predicted octanol–water partition coefficient (Wildman–Crippen LogP) is 1.13. The van der Waals surface area contributed by atoms with Crippen molar-refractivity contribution in [3.63, 3.8) is 0 Å². The fourth-order valence-corrected chi connectivity index (χ4v) is 3.36. The number of sulfone groups is 1. The van der Waals surface area contributed by atoms with E-state index in [-0.39, 0.29) is 5.75 Å². The second-order valence-corrected chi connectivity index (χ2v) is 7.74. The Morgan fingerprint density at radius 3 is 2.50 bits per heavy atom. The largest absolute Gasteiger partial charge is 0.320 e. The maximum atomic E-state index is 11.4. The SMILES string of the molecule is CCS(=O)(=O)CCCN1CCC(CCNC)CC1. The van der Waals surface area contributed by atoms with E-state index in [1.807, 2.05) is 7.05 Å². The van der Waals surface area contributed by atoms with E-state index in [2.05, 4.69) is 10.2 Å². The summed E-state index contributed by atoms with van der Waals surface area (Å²) in [7, 11) is -0.775. The van der Waals surface area contributed by atoms with E-state index in [1.165, 1.54) is 19.3 Å². The fraction of sp³-hybridized carbons (Fsp3) is 1.00. The molecule has 1 N–H and O–H groups in total. The van der Waals surface area contributed by atoms with Gasteiger partial charge in [0.25, 0.3) is 0 Å². The summed E-state index contributed by atoms with van der Waals surface area (Å²) in [6.45, 7) is 6.06. The molecule has 0 aromatic heterocycles. The molecule has 108 valence electrons. The summed E-state index contributed by atoms with van der Waals surface area (Å²) in [4.78, 5) is 2.42. The van der Waals surface area contributed by atoms with Gasteiger partial charge in [-0.15, -0.1) is 0 Å². The molecule has 0 atom stereocenters. The Kier molecular flexibility index (Phi) is 7.19. The Morgan fingerprint density at radius 1 is 1.28 bits per heavy atom. The number of hydrogen-bond acceptors (Lipinski definition) is 4. The zero-order valence-corrected chi connectivity index (χ0v) is 12.6. The van der Waals surface area contributed by atoms with Gasteiger partial charge in [0.2, 0.25) is 0 Å². The van der Waals surface area contributed by atoms with E-state index in [9.17, 15) is 8.42 Å². The zero-order chi connectivity index (χ0) is 13.4. The van der Waals surface area contributed by atoms with Crippen LogP contribution in [0.4, 0.5) is 0 Å². The summed E-state index contributed by atoms with van der Waals surface area (Å²) < 4.78 is 22.8. The Morgan fingerprint density at radius 2 is 1.94 bits per heavy atom. The van der Waals surface area contributed by atoms with Gasteiger partial charge in [0.05, 0.1) is 5.75 Å². The van der Waals surface area contributed by atoms with Crippen LogP contribution < -0.4 is 5.32 Å². The summed E-state index contributed by atoms with van der Waals surface area (Å²) in [5, 5.41) is 3.20. The molecule has 0 saturated carbocycles. The highest BCUT2D eigenvalue weighted by atomic mass is 32.2. The van der Waals surface area contributed by atoms with Gasteiger partial charge in [0, 0.05) is 5.75 Å². The Balaban J connectivity index is 2.12. The van der Waals surface area contributed by atoms with Gasteiger partial charge in [0.1, 0.15) is 9.84 Å². The Labute approximate surface area is 112 Å². The van der Waals surface area contributed by atoms with Gasteiger partial charge >= 0.3 is 0 Å². The van der Waals surface area contributed by atoms with Crippen molar-refractivity contribution in [2.75, 3.05) is 44.7 Å². The molecule has 1 saturated heterocycles. The first kappa shape index (κ1) is 15.9. The first-order valence-electron chi connectivity index (χ1n) is 7.14. The highest BCUT2D eigenvalue weighted by molar-refractivity contribution is 7.91. The van der Waals surface area contributed by atoms with Gasteiger partial charge in [-0.25, -0.2) is 8.42 Å². The van der Waals surface area contributed by atoms with Gasteiger partial charge in [-0.2, -0.15) is 0 Å². The molecular formula is C13H28N2O2S. The lowest BCUT2D eigenvalue weighted by Gasteiger charge is -2.31. The molecular weight excluding hydrogens is 248 g/mol. The van der Waals surface area contributed by atoms with Crippen molar-refractivity contribution in [1.82, 2.24) is 10.2 Å². The molecule has 1 aliphatic heterocycles. The molecule has 0 bridgehead atoms. The summed E-state index contributed by atoms with van der Waals surface area (Å²) >= 11 is 0. The molecule has 1 aliphatic rings. The van der Waals surface area contributed by atoms with Crippen LogP contribution in [0.2, 0.25) is 0 Å². The van der Waals surface area contributed by atoms with Crippen LogP contribution in [0.25, 0.3) is 0 Å². The minimum Gasteiger partial charge on any atom is -0.320 e. The van der Waals surface area contributed by atoms with E-state index in [0.29, 0.717) is 5.75 Å². The van der Waals surface area contributed by atoms with Crippen molar-refractivity contribution < 1.29 is 8.42 Å². The predicted molar refractivity (Wildman–Crippen MR) is 76.7 cm³/mol. The summed E-state index contributed by atoms with van der Waals surface area (Å²) in [5.41, 5.74) is 0. The summed E-state index contributed by atoms with van der Waals surface area (Å²) in [5.74, 6) is 1.48. The molecule has 1 fully saturated rings. The first-order chi connectivity index (χ1) is 8.57. The minimum atomic E-state index is -2.78. The average Bonchev–Trinajstić information content (AvgIpc) is 2.38. The molecule has 18 heavy (non-hydrogen) atoms. The monoisotopic (exact) mass is 276 g/mol. The van der Waals surface area contributed by atoms with Crippen molar-refractivity contribution in [3.8, 4) is 0 Å². The van der Waals surface area contributed by atoms with Gasteiger partial charge < -0.3 is 10.2 Å². The second-order valence-electron chi connectivity index (χ2n) is 5.27. The summed E-state index contributed by atoms with van der Waals surface area (Å²) in [6.07, 6.45) is 4.59. The normalized spacial score (nSPS) is 19.2. The highest BCUT2D eigenvalue weighted by Gasteiger charge is 2.18. The maximum absolute atomic E-state index is 11.4. The van der Waals surface area contributed by atoms with Gasteiger partial charge in [-0.05, 0) is 64.8 Å². The van der Waals surface area contributed by atoms with Crippen LogP contribution in [0.1, 0.15) is 32.6 Å². The molecule has 1 heterocycles. The van der Waals surface area contributed by atoms with E-state index >= 15 is 0 Å². The molecule has 0 radical (unpaired) electrons. The number of likely N-dealkylation sites (tertiary alicyclic amines) is 1. The van der Waals surface area contributed by atoms with Crippen LogP contribution in [-0.2, 0) is 9.84 Å². The van der Waals surface area contributed by atoms with Crippen LogP contribution in [0.5, 0.6) is 0 Å². The molecule has 0 aromatic rings. The Hall–Kier alpha value is -0.130. The minimum absolute atomic E-state index is 0.277. The molecule has 4 nitrogen and oxygen atoms in total. The quantitative estimate of drug-likeness (QED) is 0.722. The van der Waals surface area contributed by atoms with Crippen molar-refractivity contribution in [1.29, 1.82) is 0 Å². The molecule has 1 rings (SSSR count). The molecule has 0 amide bonds. The molecule has 0 unspecified atom stereocenters. The number of nitrogens with one attached hydrogen (secondary N) is 1. The number of hydrogen-bond donors (Lipinski definition) is 1. The zero-order valence-electron chi connectivity index (χ0n) is 11.8. The van der Waals surface area contributed by atoms with E-state index in [4.69, 9.17) is 0 Å². The molecule has 0 aliphatic carbocycles. The van der Waals surface area contributed by atoms with Crippen LogP contribution in [0.3, 0.4) is 0 Å². The third-order valence-corrected chi connectivity index (χ3v) is 5.67. The molecule has 0 spiro atoms. The van der Waals surface area contributed by atoms with Crippen LogP contribution in [0.15, 0.2) is 0 Å². The average molecular weight is 276 g/mol. The number of nitrogens with zero attached hydrogens (tertiary/aromatic N) is 1. The third-order valence-electron chi connectivity index (χ3n) is 3.88. The Bertz CT molecular complexity index is 309. The van der Waals surface area contributed by atoms with Crippen LogP contribution in [-0.4, -0.2) is 58.1 Å². The maximum Gasteiger partial charge on any atom is 0.150 e. The topological polar surface area (TPSA) is 49.4 Å². The summed E-state index contributed by atoms with van der Waals surface area (Å²) in [6, 6.07) is 0. The van der Waals surface area contributed by atoms with Crippen LogP contribution in [0, 0.1) is 5.92 Å². The fourth-order valence-electron chi connectivity index (χ4n) is 2.50.